The highest BCUT2D eigenvalue weighted by Crippen LogP contribution is 2.34. The summed E-state index contributed by atoms with van der Waals surface area (Å²) in [4.78, 5) is 0. The van der Waals surface area contributed by atoms with Crippen molar-refractivity contribution in [3.63, 3.8) is 0 Å². The number of hydrogen-bond acceptors (Lipinski definition) is 1. The van der Waals surface area contributed by atoms with Crippen LogP contribution in [-0.2, 0) is 6.42 Å². The van der Waals surface area contributed by atoms with Crippen LogP contribution < -0.4 is 4.74 Å². The minimum Gasteiger partial charge on any atom is -0.485 e. The molecule has 0 spiro atoms. The van der Waals surface area contributed by atoms with Crippen LogP contribution in [-0.4, -0.2) is 0 Å². The fraction of sp³-hybridized carbons (Fsp3) is 0.200. The largest absolute Gasteiger partial charge is 0.485 e. The molecule has 2 aromatic carbocycles. The van der Waals surface area contributed by atoms with Gasteiger partial charge in [0.05, 0.1) is 0 Å². The van der Waals surface area contributed by atoms with Crippen LogP contribution in [0.25, 0.3) is 0 Å². The number of aryl methyl sites for hydroxylation is 1. The summed E-state index contributed by atoms with van der Waals surface area (Å²) < 4.78 is 6.02. The minimum absolute atomic E-state index is 0. The number of fused-ring (bicyclic) bond motifs is 1. The molecule has 1 unspecified atom stereocenters. The SMILES string of the molecule is S.c1ccc(C2CCc3ccccc3O2)cc1. The Bertz CT molecular complexity index is 481. The van der Waals surface area contributed by atoms with Crippen LogP contribution in [0.4, 0.5) is 0 Å². The zero-order valence-electron chi connectivity index (χ0n) is 9.60. The Morgan fingerprint density at radius 3 is 2.41 bits per heavy atom. The molecule has 3 rings (SSSR count). The predicted molar refractivity (Wildman–Crippen MR) is 75.0 cm³/mol. The van der Waals surface area contributed by atoms with Crippen LogP contribution in [0.2, 0.25) is 0 Å². The number of para-hydroxylation sites is 1. The summed E-state index contributed by atoms with van der Waals surface area (Å²) in [6.07, 6.45) is 2.40. The molecule has 1 nitrogen and oxygen atoms in total. The molecule has 88 valence electrons. The van der Waals surface area contributed by atoms with Crippen LogP contribution in [0.15, 0.2) is 54.6 Å². The molecule has 0 aliphatic carbocycles. The Morgan fingerprint density at radius 1 is 0.882 bits per heavy atom. The normalized spacial score (nSPS) is 17.5. The van der Waals surface area contributed by atoms with Crippen molar-refractivity contribution >= 4 is 13.5 Å². The van der Waals surface area contributed by atoms with Gasteiger partial charge in [-0.1, -0.05) is 48.5 Å². The van der Waals surface area contributed by atoms with E-state index in [1.165, 1.54) is 11.1 Å². The molecule has 0 radical (unpaired) electrons. The summed E-state index contributed by atoms with van der Waals surface area (Å²) in [6, 6.07) is 18.8. The first-order chi connectivity index (χ1) is 7.93. The monoisotopic (exact) mass is 244 g/mol. The number of hydrogen-bond donors (Lipinski definition) is 0. The summed E-state index contributed by atoms with van der Waals surface area (Å²) in [6.45, 7) is 0. The zero-order chi connectivity index (χ0) is 10.8. The van der Waals surface area contributed by atoms with Crippen molar-refractivity contribution in [3.8, 4) is 5.75 Å². The minimum atomic E-state index is 0. The van der Waals surface area contributed by atoms with Crippen molar-refractivity contribution < 1.29 is 4.74 Å². The van der Waals surface area contributed by atoms with E-state index in [1.54, 1.807) is 0 Å². The molecule has 1 heterocycles. The topological polar surface area (TPSA) is 9.23 Å². The van der Waals surface area contributed by atoms with Crippen LogP contribution in [0.1, 0.15) is 23.7 Å². The van der Waals surface area contributed by atoms with Gasteiger partial charge in [-0.3, -0.25) is 0 Å². The van der Waals surface area contributed by atoms with Gasteiger partial charge < -0.3 is 4.74 Å². The lowest BCUT2D eigenvalue weighted by molar-refractivity contribution is 0.176. The van der Waals surface area contributed by atoms with Gasteiger partial charge in [0.15, 0.2) is 0 Å². The van der Waals surface area contributed by atoms with E-state index < -0.39 is 0 Å². The van der Waals surface area contributed by atoms with E-state index in [2.05, 4.69) is 42.5 Å². The van der Waals surface area contributed by atoms with Gasteiger partial charge in [-0.2, -0.15) is 13.5 Å². The number of benzene rings is 2. The van der Waals surface area contributed by atoms with Gasteiger partial charge >= 0.3 is 0 Å². The van der Waals surface area contributed by atoms with E-state index in [0.29, 0.717) is 0 Å². The highest BCUT2D eigenvalue weighted by molar-refractivity contribution is 7.59. The highest BCUT2D eigenvalue weighted by Gasteiger charge is 2.20. The van der Waals surface area contributed by atoms with Crippen LogP contribution in [0.5, 0.6) is 5.75 Å². The van der Waals surface area contributed by atoms with E-state index >= 15 is 0 Å². The van der Waals surface area contributed by atoms with E-state index in [4.69, 9.17) is 4.74 Å². The number of ether oxygens (including phenoxy) is 1. The standard InChI is InChI=1S/C15H14O.H2S/c1-2-6-12(7-3-1)15-11-10-13-8-4-5-9-14(13)16-15;/h1-9,15H,10-11H2;1H2. The molecule has 1 aliphatic heterocycles. The van der Waals surface area contributed by atoms with Crippen LogP contribution in [0, 0.1) is 0 Å². The second-order valence-corrected chi connectivity index (χ2v) is 4.16. The molecule has 0 fully saturated rings. The van der Waals surface area contributed by atoms with Crippen molar-refractivity contribution in [2.45, 2.75) is 18.9 Å². The lowest BCUT2D eigenvalue weighted by Gasteiger charge is -2.26. The van der Waals surface area contributed by atoms with E-state index in [9.17, 15) is 0 Å². The maximum atomic E-state index is 6.02. The van der Waals surface area contributed by atoms with Crippen molar-refractivity contribution in [3.05, 3.63) is 65.7 Å². The Hall–Kier alpha value is -1.41. The van der Waals surface area contributed by atoms with Gasteiger partial charge in [-0.15, -0.1) is 0 Å². The van der Waals surface area contributed by atoms with Gasteiger partial charge in [0, 0.05) is 0 Å². The molecule has 0 saturated heterocycles. The molecule has 0 bridgehead atoms. The first-order valence-electron chi connectivity index (χ1n) is 5.73. The molecule has 1 aliphatic rings. The Labute approximate surface area is 109 Å². The highest BCUT2D eigenvalue weighted by atomic mass is 32.1. The molecule has 2 heteroatoms. The molecule has 2 aromatic rings. The number of rotatable bonds is 1. The van der Waals surface area contributed by atoms with Crippen molar-refractivity contribution in [2.24, 2.45) is 0 Å². The Balaban J connectivity index is 0.00000108. The maximum Gasteiger partial charge on any atom is 0.124 e. The molecular formula is C15H16OS. The lowest BCUT2D eigenvalue weighted by atomic mass is 9.98. The van der Waals surface area contributed by atoms with Crippen molar-refractivity contribution in [1.82, 2.24) is 0 Å². The first-order valence-corrected chi connectivity index (χ1v) is 5.73. The van der Waals surface area contributed by atoms with Gasteiger partial charge in [0.25, 0.3) is 0 Å². The average molecular weight is 244 g/mol. The molecule has 0 aromatic heterocycles. The third-order valence-electron chi connectivity index (χ3n) is 3.09. The van der Waals surface area contributed by atoms with Crippen LogP contribution >= 0.6 is 13.5 Å². The third-order valence-corrected chi connectivity index (χ3v) is 3.09. The average Bonchev–Trinajstić information content (AvgIpc) is 2.39. The third kappa shape index (κ3) is 2.47. The van der Waals surface area contributed by atoms with Gasteiger partial charge in [-0.25, -0.2) is 0 Å². The quantitative estimate of drug-likeness (QED) is 0.740. The van der Waals surface area contributed by atoms with E-state index in [-0.39, 0.29) is 19.6 Å². The second-order valence-electron chi connectivity index (χ2n) is 4.16. The lowest BCUT2D eigenvalue weighted by Crippen LogP contribution is -2.14. The maximum absolute atomic E-state index is 6.02. The summed E-state index contributed by atoms with van der Waals surface area (Å²) in [5.41, 5.74) is 2.60. The smallest absolute Gasteiger partial charge is 0.124 e. The van der Waals surface area contributed by atoms with Gasteiger partial charge in [0.2, 0.25) is 0 Å². The molecule has 1 atom stereocenters. The molecule has 0 amide bonds. The second kappa shape index (κ2) is 5.28. The summed E-state index contributed by atoms with van der Waals surface area (Å²) in [7, 11) is 0. The molecule has 17 heavy (non-hydrogen) atoms. The predicted octanol–water partition coefficient (Wildman–Crippen LogP) is 3.87. The first kappa shape index (κ1) is 12.1. The van der Waals surface area contributed by atoms with E-state index in [1.807, 2.05) is 12.1 Å². The zero-order valence-corrected chi connectivity index (χ0v) is 10.6. The van der Waals surface area contributed by atoms with Gasteiger partial charge in [0.1, 0.15) is 11.9 Å². The Kier molecular flexibility index (Phi) is 3.75. The fourth-order valence-corrected chi connectivity index (χ4v) is 2.23. The fourth-order valence-electron chi connectivity index (χ4n) is 2.23. The van der Waals surface area contributed by atoms with Crippen molar-refractivity contribution in [2.75, 3.05) is 0 Å². The molecule has 0 N–H and O–H groups in total. The summed E-state index contributed by atoms with van der Waals surface area (Å²) >= 11 is 0. The Morgan fingerprint density at radius 2 is 1.59 bits per heavy atom. The van der Waals surface area contributed by atoms with Crippen molar-refractivity contribution in [1.29, 1.82) is 0 Å². The van der Waals surface area contributed by atoms with Crippen LogP contribution in [0.3, 0.4) is 0 Å². The van der Waals surface area contributed by atoms with E-state index in [0.717, 1.165) is 18.6 Å². The van der Waals surface area contributed by atoms with Gasteiger partial charge in [-0.05, 0) is 30.0 Å². The molecular weight excluding hydrogens is 228 g/mol. The summed E-state index contributed by atoms with van der Waals surface area (Å²) in [5.74, 6) is 1.04. The summed E-state index contributed by atoms with van der Waals surface area (Å²) in [5, 5.41) is 0. The molecule has 0 saturated carbocycles.